The number of pyridine rings is 1. The predicted molar refractivity (Wildman–Crippen MR) is 127 cm³/mol. The summed E-state index contributed by atoms with van der Waals surface area (Å²) in [5.41, 5.74) is 2.17. The number of halogens is 3. The van der Waals surface area contributed by atoms with Crippen LogP contribution in [0.15, 0.2) is 47.4 Å². The summed E-state index contributed by atoms with van der Waals surface area (Å²) >= 11 is 0. The number of nitrogens with zero attached hydrogens (tertiary/aromatic N) is 3. The summed E-state index contributed by atoms with van der Waals surface area (Å²) in [6.07, 6.45) is 1.04. The lowest BCUT2D eigenvalue weighted by Gasteiger charge is -2.33. The molecule has 0 saturated carbocycles. The maximum Gasteiger partial charge on any atom is 0.418 e. The van der Waals surface area contributed by atoms with Crippen LogP contribution in [0, 0.1) is 6.92 Å². The largest absolute Gasteiger partial charge is 0.418 e. The average molecular weight is 470 g/mol. The van der Waals surface area contributed by atoms with Crippen LogP contribution in [0.5, 0.6) is 0 Å². The Morgan fingerprint density at radius 1 is 1.21 bits per heavy atom. The smallest absolute Gasteiger partial charge is 0.368 e. The Hall–Kier alpha value is -3.33. The maximum absolute atomic E-state index is 14.0. The minimum Gasteiger partial charge on any atom is -0.368 e. The standard InChI is InChI=1S/C25H26F3N5O/c1-15-10-18-5-3-4-17(11-20(24(18)30-15)25(26,27)28)21-12-23(34)33-14-19(6-7-22(33)31-21)32-9-8-29-16(2)13-32/h4,6-7,10-12,14,16,29-30H,3,5,8-9,13H2,1-2H3/b17-4+,20-11?. The van der Waals surface area contributed by atoms with Crippen molar-refractivity contribution in [3.63, 3.8) is 0 Å². The van der Waals surface area contributed by atoms with Crippen LogP contribution in [0.25, 0.3) is 16.8 Å². The van der Waals surface area contributed by atoms with Crippen LogP contribution in [0.4, 0.5) is 18.9 Å². The molecule has 5 rings (SSSR count). The van der Waals surface area contributed by atoms with E-state index in [9.17, 15) is 18.0 Å². The number of rotatable bonds is 2. The molecule has 2 aliphatic rings. The van der Waals surface area contributed by atoms with Crippen molar-refractivity contribution < 1.29 is 13.2 Å². The lowest BCUT2D eigenvalue weighted by atomic mass is 9.96. The molecule has 178 valence electrons. The fourth-order valence-electron chi connectivity index (χ4n) is 4.75. The van der Waals surface area contributed by atoms with Crippen LogP contribution < -0.4 is 15.8 Å². The first-order valence-electron chi connectivity index (χ1n) is 11.4. The summed E-state index contributed by atoms with van der Waals surface area (Å²) in [6, 6.07) is 7.06. The number of allylic oxidation sites excluding steroid dienone is 4. The molecular weight excluding hydrogens is 443 g/mol. The highest BCUT2D eigenvalue weighted by molar-refractivity contribution is 5.85. The molecule has 0 radical (unpaired) electrons. The molecule has 1 aliphatic carbocycles. The van der Waals surface area contributed by atoms with Crippen molar-refractivity contribution >= 4 is 22.5 Å². The lowest BCUT2D eigenvalue weighted by molar-refractivity contribution is -0.0691. The molecule has 0 bridgehead atoms. The molecule has 1 saturated heterocycles. The fraction of sp³-hybridized carbons (Fsp3) is 0.360. The van der Waals surface area contributed by atoms with Crippen molar-refractivity contribution in [2.45, 2.75) is 38.9 Å². The molecule has 34 heavy (non-hydrogen) atoms. The van der Waals surface area contributed by atoms with Gasteiger partial charge in [0.25, 0.3) is 5.56 Å². The van der Waals surface area contributed by atoms with Crippen molar-refractivity contribution in [1.82, 2.24) is 19.7 Å². The van der Waals surface area contributed by atoms with E-state index in [0.29, 0.717) is 41.4 Å². The summed E-state index contributed by atoms with van der Waals surface area (Å²) in [5.74, 6) is 0. The van der Waals surface area contributed by atoms with E-state index in [4.69, 9.17) is 0 Å². The van der Waals surface area contributed by atoms with Crippen molar-refractivity contribution in [2.24, 2.45) is 0 Å². The summed E-state index contributed by atoms with van der Waals surface area (Å²) in [4.78, 5) is 22.6. The normalized spacial score (nSPS) is 20.9. The maximum atomic E-state index is 14.0. The average Bonchev–Trinajstić information content (AvgIpc) is 3.12. The number of hydrogen-bond donors (Lipinski definition) is 2. The summed E-state index contributed by atoms with van der Waals surface area (Å²) in [7, 11) is 0. The zero-order valence-electron chi connectivity index (χ0n) is 19.0. The van der Waals surface area contributed by atoms with E-state index < -0.39 is 11.7 Å². The summed E-state index contributed by atoms with van der Waals surface area (Å²) < 4.78 is 43.5. The predicted octanol–water partition coefficient (Wildman–Crippen LogP) is 4.10. The number of aromatic nitrogens is 3. The first-order valence-corrected chi connectivity index (χ1v) is 11.4. The zero-order valence-corrected chi connectivity index (χ0v) is 19.0. The highest BCUT2D eigenvalue weighted by Gasteiger charge is 2.37. The molecule has 1 fully saturated rings. The molecule has 3 aromatic rings. The zero-order chi connectivity index (χ0) is 24.0. The number of H-pyrrole nitrogens is 1. The van der Waals surface area contributed by atoms with E-state index in [1.807, 2.05) is 6.07 Å². The first kappa shape index (κ1) is 22.5. The van der Waals surface area contributed by atoms with Gasteiger partial charge in [-0.15, -0.1) is 0 Å². The van der Waals surface area contributed by atoms with E-state index in [0.717, 1.165) is 31.4 Å². The van der Waals surface area contributed by atoms with Gasteiger partial charge < -0.3 is 15.2 Å². The third-order valence-corrected chi connectivity index (χ3v) is 6.36. The second-order valence-electron chi connectivity index (χ2n) is 9.00. The molecule has 1 atom stereocenters. The Balaban J connectivity index is 1.57. The molecule has 0 spiro atoms. The first-order chi connectivity index (χ1) is 16.2. The third-order valence-electron chi connectivity index (χ3n) is 6.36. The van der Waals surface area contributed by atoms with Crippen LogP contribution in [0.1, 0.15) is 36.0 Å². The minimum atomic E-state index is -4.55. The van der Waals surface area contributed by atoms with Crippen LogP contribution in [0.2, 0.25) is 0 Å². The van der Waals surface area contributed by atoms with Crippen LogP contribution in [0.3, 0.4) is 0 Å². The Bertz CT molecular complexity index is 1370. The Morgan fingerprint density at radius 3 is 2.79 bits per heavy atom. The second-order valence-corrected chi connectivity index (χ2v) is 9.00. The molecule has 1 unspecified atom stereocenters. The highest BCUT2D eigenvalue weighted by atomic mass is 19.4. The van der Waals surface area contributed by atoms with Crippen molar-refractivity contribution in [3.8, 4) is 0 Å². The van der Waals surface area contributed by atoms with E-state index in [2.05, 4.69) is 27.1 Å². The quantitative estimate of drug-likeness (QED) is 0.593. The molecular formula is C25H26F3N5O. The van der Waals surface area contributed by atoms with E-state index in [-0.39, 0.29) is 16.9 Å². The molecule has 1 aliphatic heterocycles. The SMILES string of the molecule is Cc1cc2c([nH]1)C(C(F)(F)F)=C/C(c1cc(=O)n3cc(N4CCNC(C)C4)ccc3n1)=C\CC2. The van der Waals surface area contributed by atoms with Gasteiger partial charge in [-0.2, -0.15) is 13.2 Å². The number of fused-ring (bicyclic) bond motifs is 2. The monoisotopic (exact) mass is 469 g/mol. The third kappa shape index (κ3) is 4.27. The van der Waals surface area contributed by atoms with Gasteiger partial charge >= 0.3 is 6.18 Å². The van der Waals surface area contributed by atoms with Crippen LogP contribution in [-0.4, -0.2) is 46.2 Å². The van der Waals surface area contributed by atoms with Gasteiger partial charge in [-0.3, -0.25) is 9.20 Å². The topological polar surface area (TPSA) is 65.4 Å². The molecule has 6 nitrogen and oxygen atoms in total. The second kappa shape index (κ2) is 8.47. The van der Waals surface area contributed by atoms with Crippen LogP contribution in [-0.2, 0) is 6.42 Å². The van der Waals surface area contributed by atoms with Gasteiger partial charge in [0.15, 0.2) is 0 Å². The van der Waals surface area contributed by atoms with E-state index >= 15 is 0 Å². The van der Waals surface area contributed by atoms with Gasteiger partial charge in [0.1, 0.15) is 5.65 Å². The fourth-order valence-corrected chi connectivity index (χ4v) is 4.75. The number of aryl methyl sites for hydroxylation is 2. The van der Waals surface area contributed by atoms with Crippen molar-refractivity contribution in [1.29, 1.82) is 0 Å². The van der Waals surface area contributed by atoms with Gasteiger partial charge in [0.2, 0.25) is 0 Å². The van der Waals surface area contributed by atoms with Gasteiger partial charge in [0.05, 0.1) is 22.6 Å². The summed E-state index contributed by atoms with van der Waals surface area (Å²) in [5, 5.41) is 3.39. The summed E-state index contributed by atoms with van der Waals surface area (Å²) in [6.45, 7) is 6.36. The number of anilines is 1. The number of aromatic amines is 1. The molecule has 9 heteroatoms. The van der Waals surface area contributed by atoms with E-state index in [1.54, 1.807) is 31.3 Å². The van der Waals surface area contributed by atoms with Crippen molar-refractivity contribution in [3.05, 3.63) is 75.6 Å². The van der Waals surface area contributed by atoms with Crippen molar-refractivity contribution in [2.75, 3.05) is 24.5 Å². The number of alkyl halides is 3. The Labute approximate surface area is 194 Å². The van der Waals surface area contributed by atoms with Gasteiger partial charge in [-0.05, 0) is 62.1 Å². The van der Waals surface area contributed by atoms with E-state index in [1.165, 1.54) is 10.5 Å². The Kier molecular flexibility index (Phi) is 5.59. The lowest BCUT2D eigenvalue weighted by Crippen LogP contribution is -2.49. The number of nitrogens with one attached hydrogen (secondary N) is 2. The molecule has 2 N–H and O–H groups in total. The van der Waals surface area contributed by atoms with Gasteiger partial charge in [0, 0.05) is 43.6 Å². The van der Waals surface area contributed by atoms with Gasteiger partial charge in [-0.25, -0.2) is 4.98 Å². The van der Waals surface area contributed by atoms with Crippen LogP contribution >= 0.6 is 0 Å². The highest BCUT2D eigenvalue weighted by Crippen LogP contribution is 2.39. The molecule has 3 aromatic heterocycles. The number of hydrogen-bond acceptors (Lipinski definition) is 4. The minimum absolute atomic E-state index is 0.0861. The molecule has 0 amide bonds. The van der Waals surface area contributed by atoms with Gasteiger partial charge in [-0.1, -0.05) is 6.08 Å². The Morgan fingerprint density at radius 2 is 2.03 bits per heavy atom. The molecule has 4 heterocycles. The number of piperazine rings is 1. The molecule has 0 aromatic carbocycles.